The second kappa shape index (κ2) is 2.91. The summed E-state index contributed by atoms with van der Waals surface area (Å²) in [5, 5.41) is 3.31. The number of aromatic nitrogens is 1. The molecule has 2 heteroatoms. The molecule has 1 N–H and O–H groups in total. The Hall–Kier alpha value is -1.05. The molecule has 0 saturated heterocycles. The molecule has 1 saturated carbocycles. The van der Waals surface area contributed by atoms with Gasteiger partial charge in [0.25, 0.3) is 0 Å². The maximum absolute atomic E-state index is 4.17. The van der Waals surface area contributed by atoms with E-state index in [0.29, 0.717) is 6.04 Å². The normalized spacial score (nSPS) is 17.5. The summed E-state index contributed by atoms with van der Waals surface area (Å²) in [7, 11) is 0. The van der Waals surface area contributed by atoms with E-state index >= 15 is 0 Å². The van der Waals surface area contributed by atoms with Crippen molar-refractivity contribution in [2.75, 3.05) is 5.32 Å². The van der Waals surface area contributed by atoms with Crippen molar-refractivity contribution < 1.29 is 0 Å². The highest BCUT2D eigenvalue weighted by Gasteiger charge is 2.16. The molecular weight excluding hydrogens is 136 g/mol. The van der Waals surface area contributed by atoms with Crippen LogP contribution in [0.4, 0.5) is 5.82 Å². The Morgan fingerprint density at radius 2 is 2.36 bits per heavy atom. The predicted molar refractivity (Wildman–Crippen MR) is 45.2 cm³/mol. The van der Waals surface area contributed by atoms with Crippen LogP contribution in [0.25, 0.3) is 0 Å². The Kier molecular flexibility index (Phi) is 1.76. The molecular formula is C9H11N2. The number of anilines is 1. The number of rotatable bonds is 2. The molecule has 1 aliphatic carbocycles. The first kappa shape index (κ1) is 6.65. The first-order valence-corrected chi connectivity index (χ1v) is 3.96. The summed E-state index contributed by atoms with van der Waals surface area (Å²) in [4.78, 5) is 4.17. The zero-order chi connectivity index (χ0) is 7.52. The molecule has 1 fully saturated rings. The summed E-state index contributed by atoms with van der Waals surface area (Å²) in [6.45, 7) is 0. The molecule has 11 heavy (non-hydrogen) atoms. The summed E-state index contributed by atoms with van der Waals surface area (Å²) >= 11 is 0. The molecule has 0 spiro atoms. The number of nitrogens with one attached hydrogen (secondary N) is 1. The quantitative estimate of drug-likeness (QED) is 0.690. The number of nitrogens with zero attached hydrogens (tertiary/aromatic N) is 1. The van der Waals surface area contributed by atoms with E-state index in [1.807, 2.05) is 18.2 Å². The Morgan fingerprint density at radius 3 is 2.91 bits per heavy atom. The third-order valence-corrected chi connectivity index (χ3v) is 1.93. The smallest absolute Gasteiger partial charge is 0.126 e. The topological polar surface area (TPSA) is 24.9 Å². The first-order chi connectivity index (χ1) is 5.45. The number of pyridine rings is 1. The van der Waals surface area contributed by atoms with Crippen molar-refractivity contribution in [1.29, 1.82) is 0 Å². The highest BCUT2D eigenvalue weighted by atomic mass is 15.0. The highest BCUT2D eigenvalue weighted by Crippen LogP contribution is 2.20. The minimum Gasteiger partial charge on any atom is -0.367 e. The van der Waals surface area contributed by atoms with Crippen molar-refractivity contribution in [1.82, 2.24) is 4.98 Å². The molecule has 57 valence electrons. The molecule has 0 amide bonds. The molecule has 0 aliphatic heterocycles. The van der Waals surface area contributed by atoms with Gasteiger partial charge in [0.05, 0.1) is 0 Å². The summed E-state index contributed by atoms with van der Waals surface area (Å²) in [6, 6.07) is 6.47. The highest BCUT2D eigenvalue weighted by molar-refractivity contribution is 5.36. The minimum atomic E-state index is 0.560. The van der Waals surface area contributed by atoms with Crippen molar-refractivity contribution >= 4 is 5.82 Å². The van der Waals surface area contributed by atoms with E-state index in [1.54, 1.807) is 6.20 Å². The molecule has 1 heterocycles. The molecule has 1 radical (unpaired) electrons. The second-order valence-corrected chi connectivity index (χ2v) is 2.78. The van der Waals surface area contributed by atoms with Crippen LogP contribution >= 0.6 is 0 Å². The van der Waals surface area contributed by atoms with Gasteiger partial charge >= 0.3 is 0 Å². The van der Waals surface area contributed by atoms with Crippen LogP contribution in [0, 0.1) is 6.42 Å². The van der Waals surface area contributed by atoms with Gasteiger partial charge in [0, 0.05) is 12.2 Å². The zero-order valence-corrected chi connectivity index (χ0v) is 6.33. The van der Waals surface area contributed by atoms with Gasteiger partial charge in [0.2, 0.25) is 0 Å². The predicted octanol–water partition coefficient (Wildman–Crippen LogP) is 1.86. The van der Waals surface area contributed by atoms with Gasteiger partial charge in [0.1, 0.15) is 5.82 Å². The average Bonchev–Trinajstić information content (AvgIpc) is 1.99. The van der Waals surface area contributed by atoms with Gasteiger partial charge in [-0.25, -0.2) is 4.98 Å². The number of hydrogen-bond acceptors (Lipinski definition) is 2. The summed E-state index contributed by atoms with van der Waals surface area (Å²) < 4.78 is 0. The third-order valence-electron chi connectivity index (χ3n) is 1.93. The largest absolute Gasteiger partial charge is 0.367 e. The van der Waals surface area contributed by atoms with Gasteiger partial charge in [-0.3, -0.25) is 0 Å². The van der Waals surface area contributed by atoms with Crippen molar-refractivity contribution in [3.8, 4) is 0 Å². The molecule has 2 nitrogen and oxygen atoms in total. The Morgan fingerprint density at radius 1 is 1.45 bits per heavy atom. The van der Waals surface area contributed by atoms with Crippen LogP contribution < -0.4 is 5.32 Å². The standard InChI is InChI=1S/C9H11N2/c1-2-7-10-9(6-1)11-8-4-3-5-8/h1-2,4,6-8H,3,5H2,(H,10,11). The van der Waals surface area contributed by atoms with Crippen LogP contribution in [0.3, 0.4) is 0 Å². The zero-order valence-electron chi connectivity index (χ0n) is 6.33. The fourth-order valence-electron chi connectivity index (χ4n) is 1.10. The SMILES string of the molecule is [CH]1CCC1Nc1ccccn1. The van der Waals surface area contributed by atoms with Gasteiger partial charge in [-0.1, -0.05) is 6.07 Å². The van der Waals surface area contributed by atoms with E-state index in [4.69, 9.17) is 0 Å². The van der Waals surface area contributed by atoms with E-state index in [-0.39, 0.29) is 0 Å². The van der Waals surface area contributed by atoms with E-state index < -0.39 is 0 Å². The lowest BCUT2D eigenvalue weighted by Crippen LogP contribution is -2.28. The van der Waals surface area contributed by atoms with Gasteiger partial charge in [-0.15, -0.1) is 0 Å². The first-order valence-electron chi connectivity index (χ1n) is 3.96. The van der Waals surface area contributed by atoms with Crippen LogP contribution in [-0.2, 0) is 0 Å². The van der Waals surface area contributed by atoms with E-state index in [9.17, 15) is 0 Å². The molecule has 1 aromatic heterocycles. The van der Waals surface area contributed by atoms with Crippen LogP contribution in [0.2, 0.25) is 0 Å². The van der Waals surface area contributed by atoms with Crippen molar-refractivity contribution in [3.05, 3.63) is 30.8 Å². The molecule has 1 aromatic rings. The summed E-state index contributed by atoms with van der Waals surface area (Å²) in [5.41, 5.74) is 0. The summed E-state index contributed by atoms with van der Waals surface area (Å²) in [6.07, 6.45) is 6.57. The third kappa shape index (κ3) is 1.50. The second-order valence-electron chi connectivity index (χ2n) is 2.78. The fraction of sp³-hybridized carbons (Fsp3) is 0.333. The molecule has 1 unspecified atom stereocenters. The fourth-order valence-corrected chi connectivity index (χ4v) is 1.10. The van der Waals surface area contributed by atoms with E-state index in [0.717, 1.165) is 5.82 Å². The Labute approximate surface area is 66.7 Å². The maximum Gasteiger partial charge on any atom is 0.126 e. The Bertz CT molecular complexity index is 216. The van der Waals surface area contributed by atoms with Crippen molar-refractivity contribution in [2.24, 2.45) is 0 Å². The molecule has 0 bridgehead atoms. The molecule has 1 atom stereocenters. The molecule has 0 aromatic carbocycles. The van der Waals surface area contributed by atoms with Crippen LogP contribution in [0.1, 0.15) is 12.8 Å². The lowest BCUT2D eigenvalue weighted by molar-refractivity contribution is 0.578. The maximum atomic E-state index is 4.17. The number of hydrogen-bond donors (Lipinski definition) is 1. The Balaban J connectivity index is 1.95. The van der Waals surface area contributed by atoms with E-state index in [2.05, 4.69) is 16.7 Å². The monoisotopic (exact) mass is 147 g/mol. The molecule has 1 aliphatic rings. The van der Waals surface area contributed by atoms with Gasteiger partial charge in [-0.05, 0) is 31.4 Å². The van der Waals surface area contributed by atoms with Crippen LogP contribution in [-0.4, -0.2) is 11.0 Å². The van der Waals surface area contributed by atoms with Crippen molar-refractivity contribution in [2.45, 2.75) is 18.9 Å². The van der Waals surface area contributed by atoms with Gasteiger partial charge in [-0.2, -0.15) is 0 Å². The average molecular weight is 147 g/mol. The van der Waals surface area contributed by atoms with Crippen LogP contribution in [0.15, 0.2) is 24.4 Å². The van der Waals surface area contributed by atoms with Gasteiger partial charge in [0.15, 0.2) is 0 Å². The lowest BCUT2D eigenvalue weighted by atomic mass is 9.93. The lowest BCUT2D eigenvalue weighted by Gasteiger charge is -2.26. The van der Waals surface area contributed by atoms with Crippen LogP contribution in [0.5, 0.6) is 0 Å². The molecule has 2 rings (SSSR count). The minimum absolute atomic E-state index is 0.560. The van der Waals surface area contributed by atoms with Gasteiger partial charge < -0.3 is 5.32 Å². The van der Waals surface area contributed by atoms with E-state index in [1.165, 1.54) is 12.8 Å². The van der Waals surface area contributed by atoms with Crippen molar-refractivity contribution in [3.63, 3.8) is 0 Å². The summed E-state index contributed by atoms with van der Waals surface area (Å²) in [5.74, 6) is 0.980.